The first-order valence-corrected chi connectivity index (χ1v) is 6.83. The van der Waals surface area contributed by atoms with E-state index in [0.29, 0.717) is 32.8 Å². The van der Waals surface area contributed by atoms with Crippen LogP contribution in [0.15, 0.2) is 0 Å². The second kappa shape index (κ2) is 7.07. The van der Waals surface area contributed by atoms with Gasteiger partial charge in [0, 0.05) is 45.7 Å². The second-order valence-corrected chi connectivity index (χ2v) is 4.77. The van der Waals surface area contributed by atoms with Crippen molar-refractivity contribution in [1.82, 2.24) is 4.90 Å². The fourth-order valence-electron chi connectivity index (χ4n) is 2.33. The molecule has 1 rings (SSSR count). The monoisotopic (exact) mass is 258 g/mol. The molecule has 0 radical (unpaired) electrons. The van der Waals surface area contributed by atoms with Crippen molar-refractivity contribution in [2.75, 3.05) is 32.8 Å². The zero-order valence-corrected chi connectivity index (χ0v) is 11.8. The minimum atomic E-state index is -0.438. The Morgan fingerprint density at radius 1 is 1.39 bits per heavy atom. The van der Waals surface area contributed by atoms with Crippen LogP contribution in [-0.4, -0.2) is 55.4 Å². The summed E-state index contributed by atoms with van der Waals surface area (Å²) in [7, 11) is 0. The topological polar surface area (TPSA) is 64.8 Å². The highest BCUT2D eigenvalue weighted by Crippen LogP contribution is 2.26. The molecule has 0 bridgehead atoms. The van der Waals surface area contributed by atoms with E-state index >= 15 is 0 Å². The smallest absolute Gasteiger partial charge is 0.251 e. The van der Waals surface area contributed by atoms with E-state index in [0.717, 1.165) is 12.8 Å². The number of hydrogen-bond donors (Lipinski definition) is 1. The molecule has 1 saturated heterocycles. The standard InChI is InChI=1S/C13H26N2O3/c1-4-15(5-2)12(16)11(3)18-13(10-14)6-8-17-9-7-13/h11H,4-10,14H2,1-3H3. The van der Waals surface area contributed by atoms with Crippen molar-refractivity contribution in [3.63, 3.8) is 0 Å². The van der Waals surface area contributed by atoms with Gasteiger partial charge in [-0.3, -0.25) is 4.79 Å². The SMILES string of the molecule is CCN(CC)C(=O)C(C)OC1(CN)CCOCC1. The zero-order valence-electron chi connectivity index (χ0n) is 11.8. The van der Waals surface area contributed by atoms with Gasteiger partial charge in [-0.2, -0.15) is 0 Å². The van der Waals surface area contributed by atoms with E-state index in [1.54, 1.807) is 4.90 Å². The Hall–Kier alpha value is -0.650. The van der Waals surface area contributed by atoms with Gasteiger partial charge in [-0.15, -0.1) is 0 Å². The Morgan fingerprint density at radius 3 is 2.39 bits per heavy atom. The lowest BCUT2D eigenvalue weighted by molar-refractivity contribution is -0.166. The van der Waals surface area contributed by atoms with Crippen molar-refractivity contribution in [2.45, 2.75) is 45.3 Å². The molecule has 1 heterocycles. The summed E-state index contributed by atoms with van der Waals surface area (Å²) in [6, 6.07) is 0. The van der Waals surface area contributed by atoms with Crippen LogP contribution in [0.4, 0.5) is 0 Å². The number of nitrogens with two attached hydrogens (primary N) is 1. The second-order valence-electron chi connectivity index (χ2n) is 4.77. The molecule has 0 spiro atoms. The molecule has 1 atom stereocenters. The van der Waals surface area contributed by atoms with Gasteiger partial charge in [0.1, 0.15) is 6.10 Å². The Kier molecular flexibility index (Phi) is 6.05. The number of likely N-dealkylation sites (N-methyl/N-ethyl adjacent to an activating group) is 1. The van der Waals surface area contributed by atoms with Gasteiger partial charge < -0.3 is 20.1 Å². The predicted molar refractivity (Wildman–Crippen MR) is 70.3 cm³/mol. The molecule has 1 unspecified atom stereocenters. The van der Waals surface area contributed by atoms with Gasteiger partial charge >= 0.3 is 0 Å². The zero-order chi connectivity index (χ0) is 13.6. The number of hydrogen-bond acceptors (Lipinski definition) is 4. The van der Waals surface area contributed by atoms with Crippen LogP contribution in [0.2, 0.25) is 0 Å². The summed E-state index contributed by atoms with van der Waals surface area (Å²) in [6.45, 7) is 8.93. The molecule has 0 saturated carbocycles. The quantitative estimate of drug-likeness (QED) is 0.764. The van der Waals surface area contributed by atoms with Crippen molar-refractivity contribution in [3.05, 3.63) is 0 Å². The lowest BCUT2D eigenvalue weighted by atomic mass is 9.94. The van der Waals surface area contributed by atoms with Crippen LogP contribution >= 0.6 is 0 Å². The number of nitrogens with zero attached hydrogens (tertiary/aromatic N) is 1. The van der Waals surface area contributed by atoms with Crippen molar-refractivity contribution in [3.8, 4) is 0 Å². The molecule has 106 valence electrons. The molecule has 5 heteroatoms. The maximum atomic E-state index is 12.2. The maximum absolute atomic E-state index is 12.2. The van der Waals surface area contributed by atoms with Gasteiger partial charge in [0.05, 0.1) is 5.60 Å². The van der Waals surface area contributed by atoms with Gasteiger partial charge in [-0.25, -0.2) is 0 Å². The molecule has 1 amide bonds. The van der Waals surface area contributed by atoms with Crippen molar-refractivity contribution in [1.29, 1.82) is 0 Å². The van der Waals surface area contributed by atoms with Gasteiger partial charge in [0.2, 0.25) is 0 Å². The number of amides is 1. The molecule has 0 aromatic carbocycles. The number of carbonyl (C=O) groups excluding carboxylic acids is 1. The van der Waals surface area contributed by atoms with Gasteiger partial charge in [-0.05, 0) is 20.8 Å². The highest BCUT2D eigenvalue weighted by molar-refractivity contribution is 5.80. The number of carbonyl (C=O) groups is 1. The molecule has 5 nitrogen and oxygen atoms in total. The van der Waals surface area contributed by atoms with Crippen LogP contribution in [0, 0.1) is 0 Å². The first kappa shape index (κ1) is 15.4. The summed E-state index contributed by atoms with van der Waals surface area (Å²) in [6.07, 6.45) is 1.09. The number of ether oxygens (including phenoxy) is 2. The molecule has 1 aliphatic rings. The third-order valence-corrected chi connectivity index (χ3v) is 3.63. The average molecular weight is 258 g/mol. The Labute approximate surface area is 110 Å². The van der Waals surface area contributed by atoms with Crippen molar-refractivity contribution >= 4 is 5.91 Å². The van der Waals surface area contributed by atoms with E-state index < -0.39 is 6.10 Å². The Bertz CT molecular complexity index is 261. The third kappa shape index (κ3) is 3.67. The molecule has 0 aliphatic carbocycles. The summed E-state index contributed by atoms with van der Waals surface area (Å²) < 4.78 is 11.3. The Morgan fingerprint density at radius 2 is 1.94 bits per heavy atom. The maximum Gasteiger partial charge on any atom is 0.251 e. The normalized spacial score (nSPS) is 20.4. The van der Waals surface area contributed by atoms with Crippen molar-refractivity contribution < 1.29 is 14.3 Å². The fraction of sp³-hybridized carbons (Fsp3) is 0.923. The number of rotatable bonds is 6. The van der Waals surface area contributed by atoms with Crippen LogP contribution in [0.3, 0.4) is 0 Å². The Balaban J connectivity index is 2.60. The van der Waals surface area contributed by atoms with E-state index in [-0.39, 0.29) is 11.5 Å². The summed E-state index contributed by atoms with van der Waals surface area (Å²) >= 11 is 0. The predicted octanol–water partition coefficient (Wildman–Crippen LogP) is 0.768. The van der Waals surface area contributed by atoms with E-state index in [1.807, 2.05) is 20.8 Å². The van der Waals surface area contributed by atoms with Gasteiger partial charge in [0.25, 0.3) is 5.91 Å². The highest BCUT2D eigenvalue weighted by atomic mass is 16.5. The lowest BCUT2D eigenvalue weighted by Crippen LogP contribution is -2.50. The molecule has 0 aromatic heterocycles. The van der Waals surface area contributed by atoms with Crippen molar-refractivity contribution in [2.24, 2.45) is 5.73 Å². The van der Waals surface area contributed by atoms with E-state index in [9.17, 15) is 4.79 Å². The minimum Gasteiger partial charge on any atom is -0.381 e. The summed E-state index contributed by atoms with van der Waals surface area (Å²) in [5.74, 6) is 0.0410. The molecule has 18 heavy (non-hydrogen) atoms. The molecule has 1 aliphatic heterocycles. The minimum absolute atomic E-state index is 0.0410. The lowest BCUT2D eigenvalue weighted by Gasteiger charge is -2.38. The summed E-state index contributed by atoms with van der Waals surface area (Å²) in [5, 5.41) is 0. The first-order valence-electron chi connectivity index (χ1n) is 6.83. The molecular formula is C13H26N2O3. The van der Waals surface area contributed by atoms with Crippen LogP contribution in [0.1, 0.15) is 33.6 Å². The molecule has 0 aromatic rings. The third-order valence-electron chi connectivity index (χ3n) is 3.63. The van der Waals surface area contributed by atoms with E-state index in [2.05, 4.69) is 0 Å². The highest BCUT2D eigenvalue weighted by Gasteiger charge is 2.36. The fourth-order valence-corrected chi connectivity index (χ4v) is 2.33. The first-order chi connectivity index (χ1) is 8.58. The van der Waals surface area contributed by atoms with Gasteiger partial charge in [0.15, 0.2) is 0 Å². The van der Waals surface area contributed by atoms with E-state index in [1.165, 1.54) is 0 Å². The summed E-state index contributed by atoms with van der Waals surface area (Å²) in [4.78, 5) is 14.0. The average Bonchev–Trinajstić information content (AvgIpc) is 2.41. The van der Waals surface area contributed by atoms with Crippen LogP contribution in [-0.2, 0) is 14.3 Å². The van der Waals surface area contributed by atoms with Gasteiger partial charge in [-0.1, -0.05) is 0 Å². The molecular weight excluding hydrogens is 232 g/mol. The molecule has 2 N–H and O–H groups in total. The van der Waals surface area contributed by atoms with E-state index in [4.69, 9.17) is 15.2 Å². The molecule has 1 fully saturated rings. The summed E-state index contributed by atoms with van der Waals surface area (Å²) in [5.41, 5.74) is 5.43. The van der Waals surface area contributed by atoms with Crippen LogP contribution in [0.5, 0.6) is 0 Å². The van der Waals surface area contributed by atoms with Crippen LogP contribution < -0.4 is 5.73 Å². The van der Waals surface area contributed by atoms with Crippen LogP contribution in [0.25, 0.3) is 0 Å². The largest absolute Gasteiger partial charge is 0.381 e.